The predicted molar refractivity (Wildman–Crippen MR) is 148 cm³/mol. The van der Waals surface area contributed by atoms with Crippen molar-refractivity contribution >= 4 is 31.5 Å². The van der Waals surface area contributed by atoms with Gasteiger partial charge in [0.25, 0.3) is 0 Å². The molecule has 0 aliphatic heterocycles. The molecular formula is C32H28N2S. The smallest absolute Gasteiger partial charge is 0.0998 e. The molecule has 0 amide bonds. The highest BCUT2D eigenvalue weighted by atomic mass is 32.1. The quantitative estimate of drug-likeness (QED) is 0.261. The van der Waals surface area contributed by atoms with E-state index in [0.717, 1.165) is 28.3 Å². The van der Waals surface area contributed by atoms with Crippen molar-refractivity contribution in [3.05, 3.63) is 90.1 Å². The van der Waals surface area contributed by atoms with Gasteiger partial charge in [0.2, 0.25) is 0 Å². The lowest BCUT2D eigenvalue weighted by atomic mass is 9.72. The zero-order valence-electron chi connectivity index (χ0n) is 20.2. The van der Waals surface area contributed by atoms with Crippen molar-refractivity contribution in [3.8, 4) is 28.5 Å². The van der Waals surface area contributed by atoms with E-state index < -0.39 is 0 Å². The van der Waals surface area contributed by atoms with Gasteiger partial charge in [-0.1, -0.05) is 63.1 Å². The highest BCUT2D eigenvalue weighted by molar-refractivity contribution is 7.26. The van der Waals surface area contributed by atoms with E-state index >= 15 is 0 Å². The molecule has 1 saturated carbocycles. The standard InChI is InChI=1S/C32H28N2S/c1-32(2,24-10-6-7-11-24)25-16-17-34-27(19-25)22-12-14-28-26(18-22)31-29(35-28)15-13-23(20-33)30(31)21-8-4-3-5-9-21/h3-5,8-9,12-19,24H,6-7,10-11H2,1-2H3. The van der Waals surface area contributed by atoms with Gasteiger partial charge in [0.1, 0.15) is 0 Å². The molecule has 2 aromatic heterocycles. The van der Waals surface area contributed by atoms with E-state index in [1.54, 1.807) is 11.3 Å². The van der Waals surface area contributed by atoms with Gasteiger partial charge in [-0.2, -0.15) is 5.26 Å². The normalized spacial score (nSPS) is 14.5. The van der Waals surface area contributed by atoms with Crippen molar-refractivity contribution in [2.24, 2.45) is 5.92 Å². The Hall–Kier alpha value is -3.48. The predicted octanol–water partition coefficient (Wildman–Crippen LogP) is 9.12. The summed E-state index contributed by atoms with van der Waals surface area (Å²) in [6.07, 6.45) is 7.31. The highest BCUT2D eigenvalue weighted by Gasteiger charge is 2.33. The van der Waals surface area contributed by atoms with Crippen LogP contribution in [0.1, 0.15) is 50.7 Å². The van der Waals surface area contributed by atoms with Gasteiger partial charge in [-0.05, 0) is 71.7 Å². The van der Waals surface area contributed by atoms with Crippen molar-refractivity contribution in [2.75, 3.05) is 0 Å². The minimum atomic E-state index is 0.148. The van der Waals surface area contributed by atoms with Crippen molar-refractivity contribution in [1.29, 1.82) is 5.26 Å². The third-order valence-electron chi connectivity index (χ3n) is 7.99. The van der Waals surface area contributed by atoms with Crippen LogP contribution in [0.3, 0.4) is 0 Å². The van der Waals surface area contributed by atoms with Crippen LogP contribution in [-0.2, 0) is 5.41 Å². The van der Waals surface area contributed by atoms with Gasteiger partial charge >= 0.3 is 0 Å². The van der Waals surface area contributed by atoms with Crippen LogP contribution < -0.4 is 0 Å². The first-order chi connectivity index (χ1) is 17.1. The van der Waals surface area contributed by atoms with E-state index in [-0.39, 0.29) is 5.41 Å². The SMILES string of the molecule is CC(C)(c1ccnc(-c2ccc3sc4ccc(C#N)c(-c5ccccc5)c4c3c2)c1)C1CCCC1. The second kappa shape index (κ2) is 8.63. The van der Waals surface area contributed by atoms with Crippen LogP contribution in [0.15, 0.2) is 79.0 Å². The molecule has 35 heavy (non-hydrogen) atoms. The Balaban J connectivity index is 1.53. The Morgan fingerprint density at radius 2 is 1.66 bits per heavy atom. The largest absolute Gasteiger partial charge is 0.256 e. The lowest BCUT2D eigenvalue weighted by molar-refractivity contribution is 0.325. The fourth-order valence-electron chi connectivity index (χ4n) is 5.90. The van der Waals surface area contributed by atoms with Gasteiger partial charge < -0.3 is 0 Å². The molecule has 0 radical (unpaired) electrons. The number of nitriles is 1. The Labute approximate surface area is 210 Å². The van der Waals surface area contributed by atoms with Gasteiger partial charge in [0, 0.05) is 37.5 Å². The molecule has 2 heterocycles. The molecule has 1 fully saturated rings. The topological polar surface area (TPSA) is 36.7 Å². The molecule has 0 bridgehead atoms. The van der Waals surface area contributed by atoms with Crippen LogP contribution in [0, 0.1) is 17.2 Å². The Morgan fingerprint density at radius 3 is 2.43 bits per heavy atom. The molecule has 1 aliphatic rings. The summed E-state index contributed by atoms with van der Waals surface area (Å²) in [5, 5.41) is 12.3. The maximum absolute atomic E-state index is 9.92. The third kappa shape index (κ3) is 3.74. The zero-order chi connectivity index (χ0) is 24.0. The maximum Gasteiger partial charge on any atom is 0.0998 e. The number of hydrogen-bond acceptors (Lipinski definition) is 3. The van der Waals surface area contributed by atoms with Crippen LogP contribution in [-0.4, -0.2) is 4.98 Å². The molecule has 2 nitrogen and oxygen atoms in total. The average Bonchev–Trinajstić information content (AvgIpc) is 3.57. The van der Waals surface area contributed by atoms with E-state index in [1.165, 1.54) is 51.4 Å². The lowest BCUT2D eigenvalue weighted by Gasteiger charge is -2.32. The first-order valence-electron chi connectivity index (χ1n) is 12.5. The third-order valence-corrected chi connectivity index (χ3v) is 9.13. The Bertz CT molecular complexity index is 1580. The van der Waals surface area contributed by atoms with Crippen LogP contribution in [0.4, 0.5) is 0 Å². The van der Waals surface area contributed by atoms with Crippen LogP contribution >= 0.6 is 11.3 Å². The fourth-order valence-corrected chi connectivity index (χ4v) is 6.99. The number of nitrogens with zero attached hydrogens (tertiary/aromatic N) is 2. The number of thiophene rings is 1. The first-order valence-corrected chi connectivity index (χ1v) is 13.3. The summed E-state index contributed by atoms with van der Waals surface area (Å²) >= 11 is 1.79. The molecule has 0 N–H and O–H groups in total. The molecule has 0 spiro atoms. The van der Waals surface area contributed by atoms with E-state index in [9.17, 15) is 5.26 Å². The van der Waals surface area contributed by atoms with Gasteiger partial charge in [-0.25, -0.2) is 0 Å². The van der Waals surface area contributed by atoms with Gasteiger partial charge in [-0.15, -0.1) is 11.3 Å². The second-order valence-corrected chi connectivity index (χ2v) is 11.4. The molecule has 172 valence electrons. The summed E-state index contributed by atoms with van der Waals surface area (Å²) in [6.45, 7) is 4.79. The van der Waals surface area contributed by atoms with Gasteiger partial charge in [-0.3, -0.25) is 4.98 Å². The van der Waals surface area contributed by atoms with E-state index in [2.05, 4.69) is 68.4 Å². The summed E-state index contributed by atoms with van der Waals surface area (Å²) in [7, 11) is 0. The minimum Gasteiger partial charge on any atom is -0.256 e. The van der Waals surface area contributed by atoms with E-state index in [4.69, 9.17) is 4.98 Å². The number of fused-ring (bicyclic) bond motifs is 3. The molecule has 3 aromatic carbocycles. The summed E-state index contributed by atoms with van der Waals surface area (Å²) in [5.74, 6) is 0.735. The first kappa shape index (κ1) is 22.0. The maximum atomic E-state index is 9.92. The van der Waals surface area contributed by atoms with Crippen LogP contribution in [0.5, 0.6) is 0 Å². The van der Waals surface area contributed by atoms with E-state index in [0.29, 0.717) is 5.56 Å². The zero-order valence-corrected chi connectivity index (χ0v) is 21.0. The molecular weight excluding hydrogens is 444 g/mol. The summed E-state index contributed by atoms with van der Waals surface area (Å²) < 4.78 is 2.44. The van der Waals surface area contributed by atoms with Gasteiger partial charge in [0.05, 0.1) is 17.3 Å². The molecule has 1 aliphatic carbocycles. The average molecular weight is 473 g/mol. The Morgan fingerprint density at radius 1 is 0.886 bits per heavy atom. The molecule has 5 aromatic rings. The number of rotatable bonds is 4. The molecule has 0 saturated heterocycles. The molecule has 3 heteroatoms. The summed E-state index contributed by atoms with van der Waals surface area (Å²) in [5.41, 5.74) is 6.50. The molecule has 6 rings (SSSR count). The Kier molecular flexibility index (Phi) is 5.43. The van der Waals surface area contributed by atoms with Crippen molar-refractivity contribution < 1.29 is 0 Å². The summed E-state index contributed by atoms with van der Waals surface area (Å²) in [6, 6.07) is 27.9. The van der Waals surface area contributed by atoms with Crippen LogP contribution in [0.25, 0.3) is 42.6 Å². The molecule has 0 atom stereocenters. The van der Waals surface area contributed by atoms with E-state index in [1.807, 2.05) is 30.5 Å². The van der Waals surface area contributed by atoms with Crippen molar-refractivity contribution in [3.63, 3.8) is 0 Å². The molecule has 0 unspecified atom stereocenters. The summed E-state index contributed by atoms with van der Waals surface area (Å²) in [4.78, 5) is 4.79. The number of hydrogen-bond donors (Lipinski definition) is 0. The number of pyridine rings is 1. The lowest BCUT2D eigenvalue weighted by Crippen LogP contribution is -2.26. The van der Waals surface area contributed by atoms with Gasteiger partial charge in [0.15, 0.2) is 0 Å². The fraction of sp³-hybridized carbons (Fsp3) is 0.250. The van der Waals surface area contributed by atoms with Crippen molar-refractivity contribution in [2.45, 2.75) is 44.9 Å². The number of aromatic nitrogens is 1. The number of benzene rings is 3. The second-order valence-electron chi connectivity index (χ2n) is 10.3. The minimum absolute atomic E-state index is 0.148. The van der Waals surface area contributed by atoms with Crippen molar-refractivity contribution in [1.82, 2.24) is 4.98 Å². The monoisotopic (exact) mass is 472 g/mol. The van der Waals surface area contributed by atoms with Crippen LogP contribution in [0.2, 0.25) is 0 Å². The highest BCUT2D eigenvalue weighted by Crippen LogP contribution is 2.44.